The molecule has 6 heteroatoms. The summed E-state index contributed by atoms with van der Waals surface area (Å²) in [6, 6.07) is 10.7. The van der Waals surface area contributed by atoms with Crippen LogP contribution in [0.15, 0.2) is 42.6 Å². The van der Waals surface area contributed by atoms with E-state index in [1.807, 2.05) is 54.1 Å². The highest BCUT2D eigenvalue weighted by Gasteiger charge is 2.40. The van der Waals surface area contributed by atoms with E-state index in [0.29, 0.717) is 24.1 Å². The van der Waals surface area contributed by atoms with E-state index in [0.717, 1.165) is 24.3 Å². The number of fused-ring (bicyclic) bond motifs is 1. The minimum Gasteiger partial charge on any atom is -0.494 e. The van der Waals surface area contributed by atoms with Crippen molar-refractivity contribution in [3.05, 3.63) is 48.3 Å². The summed E-state index contributed by atoms with van der Waals surface area (Å²) in [5.41, 5.74) is 1.55. The summed E-state index contributed by atoms with van der Waals surface area (Å²) in [5, 5.41) is 3.28. The van der Waals surface area contributed by atoms with E-state index in [4.69, 9.17) is 4.74 Å². The predicted molar refractivity (Wildman–Crippen MR) is 116 cm³/mol. The smallest absolute Gasteiger partial charge is 0.249 e. The largest absolute Gasteiger partial charge is 0.494 e. The molecular weight excluding hydrogens is 378 g/mol. The molecule has 0 spiro atoms. The van der Waals surface area contributed by atoms with Gasteiger partial charge in [-0.3, -0.25) is 14.5 Å². The number of ether oxygens (including phenoxy) is 1. The van der Waals surface area contributed by atoms with Crippen molar-refractivity contribution in [3.8, 4) is 5.75 Å². The Morgan fingerprint density at radius 2 is 1.93 bits per heavy atom. The molecule has 1 fully saturated rings. The number of anilines is 1. The summed E-state index contributed by atoms with van der Waals surface area (Å²) in [6.07, 6.45) is 5.19. The van der Waals surface area contributed by atoms with Gasteiger partial charge in [0, 0.05) is 17.9 Å². The highest BCUT2D eigenvalue weighted by atomic mass is 16.5. The lowest BCUT2D eigenvalue weighted by Crippen LogP contribution is -2.53. The average Bonchev–Trinajstić information content (AvgIpc) is 3.19. The van der Waals surface area contributed by atoms with Gasteiger partial charge in [-0.05, 0) is 61.6 Å². The second kappa shape index (κ2) is 8.54. The van der Waals surface area contributed by atoms with Crippen LogP contribution < -0.4 is 15.0 Å². The van der Waals surface area contributed by atoms with Crippen molar-refractivity contribution in [1.29, 1.82) is 0 Å². The van der Waals surface area contributed by atoms with Gasteiger partial charge in [0.1, 0.15) is 12.3 Å². The van der Waals surface area contributed by atoms with Crippen molar-refractivity contribution in [3.63, 3.8) is 0 Å². The van der Waals surface area contributed by atoms with E-state index in [2.05, 4.69) is 19.2 Å². The molecule has 4 atom stereocenters. The fourth-order valence-electron chi connectivity index (χ4n) is 4.78. The van der Waals surface area contributed by atoms with Gasteiger partial charge in [0.2, 0.25) is 11.8 Å². The Morgan fingerprint density at radius 1 is 1.17 bits per heavy atom. The average molecular weight is 410 g/mol. The molecular formula is C24H31N3O3. The Bertz CT molecular complexity index is 905. The fraction of sp³-hybridized carbons (Fsp3) is 0.500. The molecule has 30 heavy (non-hydrogen) atoms. The van der Waals surface area contributed by atoms with Crippen LogP contribution in [0.5, 0.6) is 5.75 Å². The highest BCUT2D eigenvalue weighted by Crippen LogP contribution is 2.35. The van der Waals surface area contributed by atoms with Gasteiger partial charge in [0.15, 0.2) is 6.04 Å². The number of benzene rings is 1. The second-order valence-corrected chi connectivity index (χ2v) is 8.54. The molecule has 0 bridgehead atoms. The third kappa shape index (κ3) is 3.83. The number of aromatic nitrogens is 1. The summed E-state index contributed by atoms with van der Waals surface area (Å²) in [4.78, 5) is 28.3. The van der Waals surface area contributed by atoms with E-state index in [-0.39, 0.29) is 24.4 Å². The molecule has 1 N–H and O–H groups in total. The summed E-state index contributed by atoms with van der Waals surface area (Å²) in [5.74, 6) is 1.56. The Hall–Kier alpha value is -2.76. The number of amides is 2. The zero-order valence-electron chi connectivity index (χ0n) is 18.0. The number of carbonyl (C=O) groups is 2. The molecule has 2 amide bonds. The van der Waals surface area contributed by atoms with Gasteiger partial charge in [-0.25, -0.2) is 0 Å². The minimum absolute atomic E-state index is 0.0897. The maximum Gasteiger partial charge on any atom is 0.249 e. The van der Waals surface area contributed by atoms with Crippen LogP contribution in [0, 0.1) is 11.8 Å². The number of nitrogens with zero attached hydrogens (tertiary/aromatic N) is 2. The van der Waals surface area contributed by atoms with Crippen molar-refractivity contribution in [2.24, 2.45) is 11.8 Å². The summed E-state index contributed by atoms with van der Waals surface area (Å²) in [7, 11) is 0. The van der Waals surface area contributed by atoms with Gasteiger partial charge in [0.25, 0.3) is 0 Å². The van der Waals surface area contributed by atoms with Crippen LogP contribution in [0.25, 0.3) is 0 Å². The first-order chi connectivity index (χ1) is 14.5. The molecule has 4 rings (SSSR count). The third-order valence-corrected chi connectivity index (χ3v) is 6.69. The van der Waals surface area contributed by atoms with Crippen LogP contribution in [-0.4, -0.2) is 29.0 Å². The number of nitrogens with one attached hydrogen (secondary N) is 1. The minimum atomic E-state index is -0.677. The normalized spacial score (nSPS) is 26.2. The molecule has 2 aliphatic rings. The lowest BCUT2D eigenvalue weighted by Gasteiger charge is -2.39. The van der Waals surface area contributed by atoms with Crippen LogP contribution in [0.1, 0.15) is 51.8 Å². The molecule has 1 saturated carbocycles. The van der Waals surface area contributed by atoms with E-state index in [1.54, 1.807) is 4.90 Å². The monoisotopic (exact) mass is 409 g/mol. The van der Waals surface area contributed by atoms with Gasteiger partial charge < -0.3 is 14.6 Å². The zero-order valence-corrected chi connectivity index (χ0v) is 18.0. The third-order valence-electron chi connectivity index (χ3n) is 6.69. The maximum absolute atomic E-state index is 13.5. The van der Waals surface area contributed by atoms with Gasteiger partial charge in [-0.1, -0.05) is 26.7 Å². The molecule has 0 unspecified atom stereocenters. The number of hydrogen-bond donors (Lipinski definition) is 1. The van der Waals surface area contributed by atoms with Crippen molar-refractivity contribution >= 4 is 17.5 Å². The van der Waals surface area contributed by atoms with Crippen molar-refractivity contribution < 1.29 is 14.3 Å². The van der Waals surface area contributed by atoms with Crippen LogP contribution in [0.4, 0.5) is 5.69 Å². The quantitative estimate of drug-likeness (QED) is 0.814. The van der Waals surface area contributed by atoms with Crippen LogP contribution in [-0.2, 0) is 16.1 Å². The van der Waals surface area contributed by atoms with E-state index >= 15 is 0 Å². The SMILES string of the molecule is CCOc1ccc(N2C(=O)Cn3cccc3[C@@H]2C(=O)N[C@@H]2CCC[C@@H](C)[C@@H]2C)cc1. The second-order valence-electron chi connectivity index (χ2n) is 8.54. The summed E-state index contributed by atoms with van der Waals surface area (Å²) in [6.45, 7) is 7.22. The number of rotatable bonds is 5. The molecule has 1 aliphatic heterocycles. The molecule has 1 aromatic carbocycles. The lowest BCUT2D eigenvalue weighted by molar-refractivity contribution is -0.129. The standard InChI is InChI=1S/C24H31N3O3/c1-4-30-19-12-10-18(11-13-19)27-22(28)15-26-14-6-9-21(26)23(27)24(29)25-20-8-5-7-16(2)17(20)3/h6,9-14,16-17,20,23H,4-5,7-8,15H2,1-3H3,(H,25,29)/t16-,17+,20-,23-/m1/s1. The topological polar surface area (TPSA) is 63.6 Å². The molecule has 0 saturated heterocycles. The van der Waals surface area contributed by atoms with Crippen molar-refractivity contribution in [1.82, 2.24) is 9.88 Å². The Kier molecular flexibility index (Phi) is 5.84. The molecule has 1 aromatic heterocycles. The van der Waals surface area contributed by atoms with E-state index in [1.165, 1.54) is 6.42 Å². The van der Waals surface area contributed by atoms with Crippen LogP contribution in [0.3, 0.4) is 0 Å². The Morgan fingerprint density at radius 3 is 2.67 bits per heavy atom. The Balaban J connectivity index is 1.64. The van der Waals surface area contributed by atoms with Gasteiger partial charge >= 0.3 is 0 Å². The van der Waals surface area contributed by atoms with E-state index < -0.39 is 6.04 Å². The molecule has 0 radical (unpaired) electrons. The van der Waals surface area contributed by atoms with Crippen LogP contribution >= 0.6 is 0 Å². The molecule has 1 aliphatic carbocycles. The van der Waals surface area contributed by atoms with Crippen LogP contribution in [0.2, 0.25) is 0 Å². The first-order valence-electron chi connectivity index (χ1n) is 11.0. The van der Waals surface area contributed by atoms with Gasteiger partial charge in [0.05, 0.1) is 12.3 Å². The number of hydrogen-bond acceptors (Lipinski definition) is 3. The van der Waals surface area contributed by atoms with Gasteiger partial charge in [-0.15, -0.1) is 0 Å². The summed E-state index contributed by atoms with van der Waals surface area (Å²) >= 11 is 0. The lowest BCUT2D eigenvalue weighted by atomic mass is 9.78. The molecule has 6 nitrogen and oxygen atoms in total. The predicted octanol–water partition coefficient (Wildman–Crippen LogP) is 3.92. The number of carbonyl (C=O) groups excluding carboxylic acids is 2. The first kappa shape index (κ1) is 20.5. The fourth-order valence-corrected chi connectivity index (χ4v) is 4.78. The first-order valence-corrected chi connectivity index (χ1v) is 11.0. The van der Waals surface area contributed by atoms with Gasteiger partial charge in [-0.2, -0.15) is 0 Å². The highest BCUT2D eigenvalue weighted by molar-refractivity contribution is 6.02. The zero-order chi connectivity index (χ0) is 21.3. The molecule has 2 aromatic rings. The van der Waals surface area contributed by atoms with Crippen molar-refractivity contribution in [2.75, 3.05) is 11.5 Å². The van der Waals surface area contributed by atoms with Crippen molar-refractivity contribution in [2.45, 2.75) is 58.7 Å². The summed E-state index contributed by atoms with van der Waals surface area (Å²) < 4.78 is 7.41. The maximum atomic E-state index is 13.5. The van der Waals surface area contributed by atoms with E-state index in [9.17, 15) is 9.59 Å². The Labute approximate surface area is 178 Å². The molecule has 160 valence electrons. The molecule has 2 heterocycles.